The summed E-state index contributed by atoms with van der Waals surface area (Å²) >= 11 is 4.19. The maximum atomic E-state index is 7.23. The lowest BCUT2D eigenvalue weighted by molar-refractivity contribution is 0.332. The predicted molar refractivity (Wildman–Crippen MR) is 174 cm³/mol. The quantitative estimate of drug-likeness (QED) is 0.0978. The molecule has 0 aliphatic carbocycles. The second-order valence-electron chi connectivity index (χ2n) is 11.1. The van der Waals surface area contributed by atoms with E-state index in [2.05, 4.69) is 77.2 Å². The Labute approximate surface area is 245 Å². The molecule has 0 aliphatic heterocycles. The number of rotatable bonds is 21. The van der Waals surface area contributed by atoms with Crippen molar-refractivity contribution in [3.63, 3.8) is 0 Å². The summed E-state index contributed by atoms with van der Waals surface area (Å²) in [4.78, 5) is 21.7. The minimum atomic E-state index is -2.62. The van der Waals surface area contributed by atoms with E-state index in [9.17, 15) is 0 Å². The normalized spacial score (nSPS) is 11.5. The first-order chi connectivity index (χ1) is 18.1. The third-order valence-corrected chi connectivity index (χ3v) is 8.63. The van der Waals surface area contributed by atoms with Crippen molar-refractivity contribution in [3.8, 4) is 5.75 Å². The third-order valence-electron chi connectivity index (χ3n) is 6.52. The van der Waals surface area contributed by atoms with Gasteiger partial charge in [0.15, 0.2) is 0 Å². The van der Waals surface area contributed by atoms with E-state index in [4.69, 9.17) is 19.4 Å². The Bertz CT molecular complexity index is 678. The van der Waals surface area contributed by atoms with Crippen molar-refractivity contribution >= 4 is 32.1 Å². The largest absolute Gasteiger partial charge is 0.492 e. The Morgan fingerprint density at radius 2 is 1.18 bits per heavy atom. The zero-order chi connectivity index (χ0) is 28.7. The van der Waals surface area contributed by atoms with Gasteiger partial charge in [0.25, 0.3) is 0 Å². The second kappa shape index (κ2) is 24.8. The summed E-state index contributed by atoms with van der Waals surface area (Å²) in [7, 11) is -2.62. The Hall–Kier alpha value is 0.0300. The van der Waals surface area contributed by atoms with E-state index in [0.29, 0.717) is 0 Å². The first kappa shape index (κ1) is 38.0. The first-order valence-corrected chi connectivity index (χ1v) is 18.4. The average Bonchev–Trinajstić information content (AvgIpc) is 2.84. The summed E-state index contributed by atoms with van der Waals surface area (Å²) in [6.07, 6.45) is 17.8. The summed E-state index contributed by atoms with van der Waals surface area (Å²) in [6.45, 7) is 14.7. The molecule has 0 amide bonds. The second-order valence-corrected chi connectivity index (χ2v) is 14.1. The van der Waals surface area contributed by atoms with Gasteiger partial charge in [0.05, 0.1) is 6.61 Å². The number of thioether (sulfide) groups is 2. The van der Waals surface area contributed by atoms with Crippen LogP contribution in [0, 0.1) is 6.92 Å². The van der Waals surface area contributed by atoms with Crippen LogP contribution in [0.4, 0.5) is 0 Å². The van der Waals surface area contributed by atoms with Crippen LogP contribution in [-0.4, -0.2) is 44.3 Å². The van der Waals surface area contributed by atoms with Gasteiger partial charge in [-0.3, -0.25) is 0 Å². The Balaban J connectivity index is 0.00000318. The van der Waals surface area contributed by atoms with Gasteiger partial charge in [-0.25, -0.2) is 0 Å². The average molecular weight is 591 g/mol. The molecule has 0 saturated heterocycles. The molecule has 0 atom stereocenters. The fourth-order valence-electron chi connectivity index (χ4n) is 4.55. The van der Waals surface area contributed by atoms with Crippen molar-refractivity contribution in [1.29, 1.82) is 0 Å². The number of unbranched alkanes of at least 4 members (excludes halogenated alkanes) is 10. The smallest absolute Gasteiger partial charge is 0.324 e. The monoisotopic (exact) mass is 590 g/mol. The van der Waals surface area contributed by atoms with Crippen molar-refractivity contribution in [2.24, 2.45) is 0 Å². The number of aryl methyl sites for hydroxylation is 1. The highest BCUT2D eigenvalue weighted by atomic mass is 32.2. The van der Waals surface area contributed by atoms with Gasteiger partial charge in [-0.05, 0) is 66.1 Å². The van der Waals surface area contributed by atoms with Crippen LogP contribution in [-0.2, 0) is 11.8 Å². The van der Waals surface area contributed by atoms with Crippen molar-refractivity contribution in [3.05, 3.63) is 28.8 Å². The van der Waals surface area contributed by atoms with Crippen LogP contribution in [0.15, 0.2) is 12.1 Å². The molecular formula is C31H59O4PS2. The topological polar surface area (TPSA) is 69.9 Å². The molecule has 0 spiro atoms. The SMILES string of the molecule is CCCCCCCCSCCOc1ccc(C)c(CCSCCCCCCCC)c1C(C)(C)C.OP(O)O. The van der Waals surface area contributed by atoms with E-state index in [0.717, 1.165) is 24.5 Å². The van der Waals surface area contributed by atoms with E-state index in [1.54, 1.807) is 0 Å². The molecule has 0 fully saturated rings. The molecule has 224 valence electrons. The molecule has 0 saturated carbocycles. The van der Waals surface area contributed by atoms with E-state index in [1.165, 1.54) is 111 Å². The summed E-state index contributed by atoms with van der Waals surface area (Å²) in [5, 5.41) is 0. The number of benzene rings is 1. The molecule has 0 heterocycles. The molecule has 1 aromatic rings. The van der Waals surface area contributed by atoms with E-state index >= 15 is 0 Å². The highest BCUT2D eigenvalue weighted by Gasteiger charge is 2.24. The van der Waals surface area contributed by atoms with Gasteiger partial charge in [-0.2, -0.15) is 23.5 Å². The molecule has 38 heavy (non-hydrogen) atoms. The van der Waals surface area contributed by atoms with Gasteiger partial charge < -0.3 is 19.4 Å². The summed E-state index contributed by atoms with van der Waals surface area (Å²) in [5.41, 5.74) is 4.50. The predicted octanol–water partition coefficient (Wildman–Crippen LogP) is 9.59. The maximum Gasteiger partial charge on any atom is 0.324 e. The van der Waals surface area contributed by atoms with Gasteiger partial charge in [0.1, 0.15) is 5.75 Å². The third kappa shape index (κ3) is 20.9. The van der Waals surface area contributed by atoms with Gasteiger partial charge in [0, 0.05) is 11.3 Å². The fourth-order valence-corrected chi connectivity index (χ4v) is 6.33. The van der Waals surface area contributed by atoms with Gasteiger partial charge in [0.2, 0.25) is 0 Å². The highest BCUT2D eigenvalue weighted by Crippen LogP contribution is 2.37. The van der Waals surface area contributed by atoms with Crippen LogP contribution >= 0.6 is 32.1 Å². The van der Waals surface area contributed by atoms with Crippen LogP contribution in [0.2, 0.25) is 0 Å². The van der Waals surface area contributed by atoms with E-state index < -0.39 is 8.60 Å². The number of ether oxygens (including phenoxy) is 1. The number of hydrogen-bond donors (Lipinski definition) is 3. The molecule has 0 radical (unpaired) electrons. The lowest BCUT2D eigenvalue weighted by Gasteiger charge is -2.27. The van der Waals surface area contributed by atoms with Crippen LogP contribution in [0.25, 0.3) is 0 Å². The van der Waals surface area contributed by atoms with Gasteiger partial charge >= 0.3 is 8.60 Å². The summed E-state index contributed by atoms with van der Waals surface area (Å²) < 4.78 is 6.38. The standard InChI is InChI=1S/C31H56OS2.H3O3P/c1-7-9-11-13-15-17-23-33-25-21-28-27(3)19-20-29(30(28)31(4,5)6)32-22-26-34-24-18-16-14-12-10-8-2;1-4(2)3/h19-20H,7-18,21-26H2,1-6H3;1-3H. The van der Waals surface area contributed by atoms with Crippen LogP contribution in [0.1, 0.15) is 128 Å². The van der Waals surface area contributed by atoms with E-state index in [1.807, 2.05) is 0 Å². The minimum absolute atomic E-state index is 0.103. The van der Waals surface area contributed by atoms with Crippen LogP contribution in [0.5, 0.6) is 5.75 Å². The van der Waals surface area contributed by atoms with Gasteiger partial charge in [-0.1, -0.05) is 105 Å². The van der Waals surface area contributed by atoms with E-state index in [-0.39, 0.29) is 5.41 Å². The molecule has 7 heteroatoms. The molecule has 4 nitrogen and oxygen atoms in total. The molecule has 1 aromatic carbocycles. The maximum absolute atomic E-state index is 7.23. The molecule has 1 rings (SSSR count). The lowest BCUT2D eigenvalue weighted by atomic mass is 9.80. The highest BCUT2D eigenvalue weighted by molar-refractivity contribution is 7.99. The fraction of sp³-hybridized carbons (Fsp3) is 0.806. The summed E-state index contributed by atoms with van der Waals surface area (Å²) in [6, 6.07) is 4.50. The Morgan fingerprint density at radius 1 is 0.711 bits per heavy atom. The molecule has 0 aliphatic rings. The lowest BCUT2D eigenvalue weighted by Crippen LogP contribution is -2.18. The molecule has 3 N–H and O–H groups in total. The Morgan fingerprint density at radius 3 is 1.68 bits per heavy atom. The zero-order valence-corrected chi connectivity index (χ0v) is 27.9. The Kier molecular flexibility index (Phi) is 24.8. The number of hydrogen-bond acceptors (Lipinski definition) is 6. The van der Waals surface area contributed by atoms with Crippen LogP contribution < -0.4 is 4.74 Å². The molecular weight excluding hydrogens is 531 g/mol. The van der Waals surface area contributed by atoms with Crippen molar-refractivity contribution in [2.75, 3.05) is 29.6 Å². The van der Waals surface area contributed by atoms with Crippen LogP contribution in [0.3, 0.4) is 0 Å². The van der Waals surface area contributed by atoms with Gasteiger partial charge in [-0.15, -0.1) is 0 Å². The van der Waals surface area contributed by atoms with Crippen molar-refractivity contribution in [2.45, 2.75) is 130 Å². The van der Waals surface area contributed by atoms with Crippen molar-refractivity contribution in [1.82, 2.24) is 0 Å². The first-order valence-electron chi connectivity index (χ1n) is 14.9. The minimum Gasteiger partial charge on any atom is -0.492 e. The van der Waals surface area contributed by atoms with Crippen molar-refractivity contribution < 1.29 is 19.4 Å². The zero-order valence-electron chi connectivity index (χ0n) is 25.4. The molecule has 0 aromatic heterocycles. The summed E-state index contributed by atoms with van der Waals surface area (Å²) in [5.74, 6) is 6.01. The molecule has 0 unspecified atom stereocenters. The molecule has 0 bridgehead atoms.